The largest absolute Gasteiger partial charge is 0.493 e. The maximum absolute atomic E-state index is 12.6. The summed E-state index contributed by atoms with van der Waals surface area (Å²) in [6.45, 7) is -0.314. The summed E-state index contributed by atoms with van der Waals surface area (Å²) in [7, 11) is 2.97. The Labute approximate surface area is 171 Å². The number of carbonyl (C=O) groups is 3. The fraction of sp³-hybridized carbons (Fsp3) is 0.150. The number of carbonyl (C=O) groups excluding carboxylic acids is 3. The van der Waals surface area contributed by atoms with Gasteiger partial charge in [0.15, 0.2) is 17.3 Å². The standard InChI is InChI=1S/C20H16ClNO5S/c1-26-16-8-13(14(21)10-17(16)27-2)9-18-19(24)22(20(25)28-18)11-15(23)12-6-4-3-5-7-12/h3-10H,11H2,1-2H3/b18-9-. The van der Waals surface area contributed by atoms with E-state index in [1.165, 1.54) is 20.3 Å². The van der Waals surface area contributed by atoms with Gasteiger partial charge in [-0.25, -0.2) is 0 Å². The Kier molecular flexibility index (Phi) is 6.06. The van der Waals surface area contributed by atoms with Gasteiger partial charge in [-0.05, 0) is 29.5 Å². The third-order valence-corrected chi connectivity index (χ3v) is 5.30. The highest BCUT2D eigenvalue weighted by molar-refractivity contribution is 8.18. The van der Waals surface area contributed by atoms with Crippen LogP contribution in [0.15, 0.2) is 47.4 Å². The van der Waals surface area contributed by atoms with Gasteiger partial charge < -0.3 is 9.47 Å². The number of nitrogens with zero attached hydrogens (tertiary/aromatic N) is 1. The first-order valence-electron chi connectivity index (χ1n) is 8.19. The molecule has 1 aliphatic rings. The molecule has 2 amide bonds. The van der Waals surface area contributed by atoms with E-state index in [1.807, 2.05) is 0 Å². The number of ether oxygens (including phenoxy) is 2. The fourth-order valence-corrected chi connectivity index (χ4v) is 3.65. The van der Waals surface area contributed by atoms with Crippen molar-refractivity contribution < 1.29 is 23.9 Å². The monoisotopic (exact) mass is 417 g/mol. The predicted octanol–water partition coefficient (Wildman–Crippen LogP) is 4.28. The number of methoxy groups -OCH3 is 2. The lowest BCUT2D eigenvalue weighted by atomic mass is 10.1. The molecule has 0 spiro atoms. The first-order chi connectivity index (χ1) is 13.4. The summed E-state index contributed by atoms with van der Waals surface area (Å²) < 4.78 is 10.4. The minimum Gasteiger partial charge on any atom is -0.493 e. The lowest BCUT2D eigenvalue weighted by molar-refractivity contribution is -0.122. The van der Waals surface area contributed by atoms with Crippen LogP contribution in [0.4, 0.5) is 4.79 Å². The average Bonchev–Trinajstić information content (AvgIpc) is 2.97. The molecule has 0 aliphatic carbocycles. The predicted molar refractivity (Wildman–Crippen MR) is 108 cm³/mol. The number of thioether (sulfide) groups is 1. The van der Waals surface area contributed by atoms with Crippen LogP contribution in [0.1, 0.15) is 15.9 Å². The van der Waals surface area contributed by atoms with E-state index in [4.69, 9.17) is 21.1 Å². The number of amides is 2. The lowest BCUT2D eigenvalue weighted by Crippen LogP contribution is -2.33. The van der Waals surface area contributed by atoms with Crippen LogP contribution in [-0.2, 0) is 4.79 Å². The van der Waals surface area contributed by atoms with Gasteiger partial charge in [0.25, 0.3) is 11.1 Å². The van der Waals surface area contributed by atoms with E-state index in [1.54, 1.807) is 42.5 Å². The molecule has 0 saturated carbocycles. The molecule has 0 atom stereocenters. The summed E-state index contributed by atoms with van der Waals surface area (Å²) in [6, 6.07) is 11.7. The molecule has 0 unspecified atom stereocenters. The molecule has 0 radical (unpaired) electrons. The first kappa shape index (κ1) is 20.0. The Hall–Kier alpha value is -2.77. The van der Waals surface area contributed by atoms with E-state index >= 15 is 0 Å². The van der Waals surface area contributed by atoms with Crippen LogP contribution in [-0.4, -0.2) is 42.6 Å². The van der Waals surface area contributed by atoms with E-state index in [2.05, 4.69) is 0 Å². The van der Waals surface area contributed by atoms with Crippen molar-refractivity contribution in [1.29, 1.82) is 0 Å². The summed E-state index contributed by atoms with van der Waals surface area (Å²) in [5.74, 6) is 0.0428. The van der Waals surface area contributed by atoms with E-state index in [9.17, 15) is 14.4 Å². The highest BCUT2D eigenvalue weighted by Gasteiger charge is 2.36. The Morgan fingerprint density at radius 2 is 1.75 bits per heavy atom. The second kappa shape index (κ2) is 8.50. The molecule has 1 heterocycles. The van der Waals surface area contributed by atoms with Crippen molar-refractivity contribution in [2.24, 2.45) is 0 Å². The van der Waals surface area contributed by atoms with Crippen molar-refractivity contribution in [3.8, 4) is 11.5 Å². The van der Waals surface area contributed by atoms with Gasteiger partial charge in [0.2, 0.25) is 0 Å². The van der Waals surface area contributed by atoms with Crippen molar-refractivity contribution >= 4 is 46.4 Å². The van der Waals surface area contributed by atoms with Crippen LogP contribution in [0.5, 0.6) is 11.5 Å². The molecule has 1 saturated heterocycles. The number of ketones is 1. The minimum absolute atomic E-state index is 0.181. The molecular formula is C20H16ClNO5S. The highest BCUT2D eigenvalue weighted by atomic mass is 35.5. The van der Waals surface area contributed by atoms with Crippen LogP contribution >= 0.6 is 23.4 Å². The average molecular weight is 418 g/mol. The second-order valence-electron chi connectivity index (χ2n) is 5.79. The number of Topliss-reactive ketones (excluding diaryl/α,β-unsaturated/α-hetero) is 1. The molecule has 28 heavy (non-hydrogen) atoms. The number of halogens is 1. The first-order valence-corrected chi connectivity index (χ1v) is 9.39. The van der Waals surface area contributed by atoms with E-state index in [0.29, 0.717) is 27.6 Å². The van der Waals surface area contributed by atoms with Crippen molar-refractivity contribution in [3.63, 3.8) is 0 Å². The van der Waals surface area contributed by atoms with Crippen LogP contribution in [0.25, 0.3) is 6.08 Å². The molecule has 6 nitrogen and oxygen atoms in total. The van der Waals surface area contributed by atoms with Gasteiger partial charge in [-0.3, -0.25) is 19.3 Å². The maximum atomic E-state index is 12.6. The molecule has 1 fully saturated rings. The molecule has 8 heteroatoms. The summed E-state index contributed by atoms with van der Waals surface area (Å²) in [4.78, 5) is 38.3. The third kappa shape index (κ3) is 4.05. The van der Waals surface area contributed by atoms with E-state index in [0.717, 1.165) is 16.7 Å². The topological polar surface area (TPSA) is 72.9 Å². The van der Waals surface area contributed by atoms with E-state index in [-0.39, 0.29) is 17.2 Å². The number of imide groups is 1. The zero-order chi connectivity index (χ0) is 20.3. The van der Waals surface area contributed by atoms with Gasteiger partial charge in [-0.2, -0.15) is 0 Å². The molecular weight excluding hydrogens is 402 g/mol. The summed E-state index contributed by atoms with van der Waals surface area (Å²) in [5.41, 5.74) is 0.938. The number of rotatable bonds is 6. The van der Waals surface area contributed by atoms with Crippen LogP contribution in [0, 0.1) is 0 Å². The Bertz CT molecular complexity index is 974. The molecule has 1 aliphatic heterocycles. The Balaban J connectivity index is 1.84. The van der Waals surface area contributed by atoms with Crippen LogP contribution in [0.2, 0.25) is 5.02 Å². The summed E-state index contributed by atoms with van der Waals surface area (Å²) in [5, 5.41) is -0.165. The van der Waals surface area contributed by atoms with Crippen molar-refractivity contribution in [1.82, 2.24) is 4.90 Å². The maximum Gasteiger partial charge on any atom is 0.293 e. The smallest absolute Gasteiger partial charge is 0.293 e. The van der Waals surface area contributed by atoms with Crippen LogP contribution < -0.4 is 9.47 Å². The van der Waals surface area contributed by atoms with Crippen LogP contribution in [0.3, 0.4) is 0 Å². The van der Waals surface area contributed by atoms with E-state index < -0.39 is 11.1 Å². The third-order valence-electron chi connectivity index (χ3n) is 4.06. The summed E-state index contributed by atoms with van der Waals surface area (Å²) in [6.07, 6.45) is 1.50. The van der Waals surface area contributed by atoms with Gasteiger partial charge >= 0.3 is 0 Å². The fourth-order valence-electron chi connectivity index (χ4n) is 2.62. The van der Waals surface area contributed by atoms with Gasteiger partial charge in [-0.1, -0.05) is 41.9 Å². The Morgan fingerprint density at radius 1 is 1.11 bits per heavy atom. The van der Waals surface area contributed by atoms with Gasteiger partial charge in [-0.15, -0.1) is 0 Å². The lowest BCUT2D eigenvalue weighted by Gasteiger charge is -2.11. The Morgan fingerprint density at radius 3 is 2.39 bits per heavy atom. The highest BCUT2D eigenvalue weighted by Crippen LogP contribution is 2.37. The molecule has 3 rings (SSSR count). The van der Waals surface area contributed by atoms with Crippen molar-refractivity contribution in [3.05, 3.63) is 63.5 Å². The molecule has 2 aromatic rings. The number of hydrogen-bond donors (Lipinski definition) is 0. The van der Waals surface area contributed by atoms with Gasteiger partial charge in [0.1, 0.15) is 0 Å². The SMILES string of the molecule is COc1cc(Cl)c(/C=C2\SC(=O)N(CC(=O)c3ccccc3)C2=O)cc1OC. The molecule has 2 aromatic carbocycles. The van der Waals surface area contributed by atoms with Gasteiger partial charge in [0.05, 0.1) is 30.7 Å². The van der Waals surface area contributed by atoms with Crippen molar-refractivity contribution in [2.45, 2.75) is 0 Å². The zero-order valence-electron chi connectivity index (χ0n) is 15.1. The second-order valence-corrected chi connectivity index (χ2v) is 7.19. The number of benzene rings is 2. The zero-order valence-corrected chi connectivity index (χ0v) is 16.7. The quantitative estimate of drug-likeness (QED) is 0.516. The normalized spacial score (nSPS) is 15.2. The summed E-state index contributed by atoms with van der Waals surface area (Å²) >= 11 is 7.01. The minimum atomic E-state index is -0.537. The number of hydrogen-bond acceptors (Lipinski definition) is 6. The molecule has 0 aromatic heterocycles. The van der Waals surface area contributed by atoms with Crippen molar-refractivity contribution in [2.75, 3.05) is 20.8 Å². The molecule has 144 valence electrons. The van der Waals surface area contributed by atoms with Gasteiger partial charge in [0, 0.05) is 11.6 Å². The molecule has 0 bridgehead atoms. The molecule has 0 N–H and O–H groups in total.